The Kier molecular flexibility index (Phi) is 4.42. The van der Waals surface area contributed by atoms with Crippen LogP contribution < -0.4 is 5.32 Å². The fourth-order valence-electron chi connectivity index (χ4n) is 2.83. The second-order valence-electron chi connectivity index (χ2n) is 5.81. The van der Waals surface area contributed by atoms with Crippen LogP contribution >= 0.6 is 0 Å². The third-order valence-corrected chi connectivity index (χ3v) is 4.14. The number of rotatable bonds is 4. The maximum absolute atomic E-state index is 14.1. The van der Waals surface area contributed by atoms with Gasteiger partial charge in [-0.3, -0.25) is 0 Å². The van der Waals surface area contributed by atoms with Gasteiger partial charge in [0.05, 0.1) is 5.69 Å². The van der Waals surface area contributed by atoms with Crippen LogP contribution in [0.4, 0.5) is 23.4 Å². The second kappa shape index (κ2) is 6.37. The van der Waals surface area contributed by atoms with Gasteiger partial charge in [0.2, 0.25) is 0 Å². The maximum Gasteiger partial charge on any atom is 0.434 e. The fourth-order valence-corrected chi connectivity index (χ4v) is 2.83. The van der Waals surface area contributed by atoms with Crippen molar-refractivity contribution in [2.45, 2.75) is 38.9 Å². The summed E-state index contributed by atoms with van der Waals surface area (Å²) >= 11 is 0. The molecule has 2 aromatic rings. The molecule has 0 spiro atoms. The van der Waals surface area contributed by atoms with Gasteiger partial charge in [-0.15, -0.1) is 0 Å². The van der Waals surface area contributed by atoms with Gasteiger partial charge in [-0.25, -0.2) is 19.3 Å². The van der Waals surface area contributed by atoms with Crippen LogP contribution in [-0.2, 0) is 25.6 Å². The Balaban J connectivity index is 1.65. The molecule has 5 nitrogen and oxygen atoms in total. The molecule has 0 radical (unpaired) electrons. The second-order valence-corrected chi connectivity index (χ2v) is 5.81. The number of aromatic nitrogens is 4. The Hall–Kier alpha value is -2.19. The molecule has 0 saturated carbocycles. The van der Waals surface area contributed by atoms with Gasteiger partial charge in [0.15, 0.2) is 17.3 Å². The van der Waals surface area contributed by atoms with Crippen molar-refractivity contribution in [2.24, 2.45) is 5.92 Å². The maximum atomic E-state index is 14.1. The molecular weight excluding hydrogens is 326 g/mol. The van der Waals surface area contributed by atoms with Crippen LogP contribution in [0.1, 0.15) is 30.6 Å². The molecule has 24 heavy (non-hydrogen) atoms. The lowest BCUT2D eigenvalue weighted by molar-refractivity contribution is -0.141. The van der Waals surface area contributed by atoms with Gasteiger partial charge in [-0.05, 0) is 18.8 Å². The van der Waals surface area contributed by atoms with Crippen LogP contribution in [0.25, 0.3) is 0 Å². The summed E-state index contributed by atoms with van der Waals surface area (Å²) < 4.78 is 53.7. The predicted octanol–water partition coefficient (Wildman–Crippen LogP) is 3.07. The minimum Gasteiger partial charge on any atom is -0.367 e. The van der Waals surface area contributed by atoms with Crippen molar-refractivity contribution in [1.29, 1.82) is 0 Å². The Morgan fingerprint density at radius 2 is 2.12 bits per heavy atom. The number of hydrogen-bond donors (Lipinski definition) is 1. The molecule has 0 fully saturated rings. The molecule has 130 valence electrons. The minimum atomic E-state index is -4.43. The van der Waals surface area contributed by atoms with E-state index in [0.29, 0.717) is 43.9 Å². The summed E-state index contributed by atoms with van der Waals surface area (Å²) in [6, 6.07) is 0. The van der Waals surface area contributed by atoms with Crippen molar-refractivity contribution in [3.8, 4) is 0 Å². The third-order valence-electron chi connectivity index (χ3n) is 4.14. The number of anilines is 1. The largest absolute Gasteiger partial charge is 0.434 e. The molecule has 1 atom stereocenters. The number of imidazole rings is 1. The Bertz CT molecular complexity index is 725. The minimum absolute atomic E-state index is 0.0761. The summed E-state index contributed by atoms with van der Waals surface area (Å²) in [5, 5.41) is 2.94. The molecule has 0 amide bonds. The van der Waals surface area contributed by atoms with Crippen LogP contribution in [0.3, 0.4) is 0 Å². The fraction of sp³-hybridized carbons (Fsp3) is 0.533. The zero-order valence-electron chi connectivity index (χ0n) is 13.1. The SMILES string of the molecule is CCc1ncnc(NC[C@H]2CCc3nc(C(F)(F)F)cn3C2)c1F. The van der Waals surface area contributed by atoms with Gasteiger partial charge in [0.1, 0.15) is 12.2 Å². The first kappa shape index (κ1) is 16.7. The van der Waals surface area contributed by atoms with Crippen LogP contribution in [0, 0.1) is 11.7 Å². The van der Waals surface area contributed by atoms with E-state index >= 15 is 0 Å². The Morgan fingerprint density at radius 3 is 2.83 bits per heavy atom. The lowest BCUT2D eigenvalue weighted by Gasteiger charge is -2.24. The molecule has 0 bridgehead atoms. The highest BCUT2D eigenvalue weighted by atomic mass is 19.4. The van der Waals surface area contributed by atoms with E-state index in [-0.39, 0.29) is 11.7 Å². The van der Waals surface area contributed by atoms with E-state index in [1.165, 1.54) is 10.9 Å². The van der Waals surface area contributed by atoms with E-state index in [2.05, 4.69) is 20.3 Å². The number of hydrogen-bond acceptors (Lipinski definition) is 4. The molecule has 1 N–H and O–H groups in total. The van der Waals surface area contributed by atoms with E-state index in [1.807, 2.05) is 0 Å². The molecule has 2 aromatic heterocycles. The molecule has 0 aromatic carbocycles. The normalized spacial score (nSPS) is 17.6. The van der Waals surface area contributed by atoms with Crippen molar-refractivity contribution in [3.63, 3.8) is 0 Å². The number of nitrogens with zero attached hydrogens (tertiary/aromatic N) is 4. The van der Waals surface area contributed by atoms with Crippen LogP contribution in [0.5, 0.6) is 0 Å². The molecule has 0 unspecified atom stereocenters. The lowest BCUT2D eigenvalue weighted by atomic mass is 9.99. The van der Waals surface area contributed by atoms with Crippen LogP contribution in [0.15, 0.2) is 12.5 Å². The van der Waals surface area contributed by atoms with Gasteiger partial charge in [0.25, 0.3) is 0 Å². The Labute approximate surface area is 136 Å². The van der Waals surface area contributed by atoms with Gasteiger partial charge in [-0.1, -0.05) is 6.92 Å². The van der Waals surface area contributed by atoms with Crippen molar-refractivity contribution in [2.75, 3.05) is 11.9 Å². The monoisotopic (exact) mass is 343 g/mol. The average Bonchev–Trinajstić information content (AvgIpc) is 2.97. The lowest BCUT2D eigenvalue weighted by Crippen LogP contribution is -2.26. The van der Waals surface area contributed by atoms with Gasteiger partial charge in [-0.2, -0.15) is 13.2 Å². The van der Waals surface area contributed by atoms with Crippen molar-refractivity contribution >= 4 is 5.82 Å². The molecule has 1 aliphatic heterocycles. The van der Waals surface area contributed by atoms with Crippen molar-refractivity contribution in [3.05, 3.63) is 35.6 Å². The summed E-state index contributed by atoms with van der Waals surface area (Å²) in [7, 11) is 0. The standard InChI is InChI=1S/C15H17F4N5/c1-2-10-13(16)14(22-8-21-10)20-5-9-3-4-12-23-11(15(17,18)19)7-24(12)6-9/h7-9H,2-6H2,1H3,(H,20,21,22)/t9-/m1/s1. The van der Waals surface area contributed by atoms with Crippen molar-refractivity contribution < 1.29 is 17.6 Å². The smallest absolute Gasteiger partial charge is 0.367 e. The molecular formula is C15H17F4N5. The highest BCUT2D eigenvalue weighted by molar-refractivity contribution is 5.37. The summed E-state index contributed by atoms with van der Waals surface area (Å²) in [4.78, 5) is 11.4. The quantitative estimate of drug-likeness (QED) is 0.867. The number of alkyl halides is 3. The highest BCUT2D eigenvalue weighted by Gasteiger charge is 2.35. The molecule has 3 rings (SSSR count). The first-order valence-corrected chi connectivity index (χ1v) is 7.75. The highest BCUT2D eigenvalue weighted by Crippen LogP contribution is 2.30. The van der Waals surface area contributed by atoms with E-state index in [1.54, 1.807) is 6.92 Å². The van der Waals surface area contributed by atoms with Gasteiger partial charge in [0, 0.05) is 25.7 Å². The van der Waals surface area contributed by atoms with E-state index in [0.717, 1.165) is 6.20 Å². The van der Waals surface area contributed by atoms with E-state index in [9.17, 15) is 17.6 Å². The zero-order chi connectivity index (χ0) is 17.3. The van der Waals surface area contributed by atoms with Gasteiger partial charge < -0.3 is 9.88 Å². The average molecular weight is 343 g/mol. The molecule has 0 aliphatic carbocycles. The van der Waals surface area contributed by atoms with E-state index < -0.39 is 17.7 Å². The summed E-state index contributed by atoms with van der Waals surface area (Å²) in [6.45, 7) is 2.64. The molecule has 9 heteroatoms. The summed E-state index contributed by atoms with van der Waals surface area (Å²) in [5.41, 5.74) is -0.525. The van der Waals surface area contributed by atoms with E-state index in [4.69, 9.17) is 0 Å². The van der Waals surface area contributed by atoms with Gasteiger partial charge >= 0.3 is 6.18 Å². The van der Waals surface area contributed by atoms with Crippen LogP contribution in [-0.4, -0.2) is 26.1 Å². The summed E-state index contributed by atoms with van der Waals surface area (Å²) in [5.74, 6) is 0.181. The zero-order valence-corrected chi connectivity index (χ0v) is 13.1. The number of halogens is 4. The number of aryl methyl sites for hydroxylation is 2. The first-order valence-electron chi connectivity index (χ1n) is 7.75. The first-order chi connectivity index (χ1) is 11.4. The number of nitrogens with one attached hydrogen (secondary N) is 1. The summed E-state index contributed by atoms with van der Waals surface area (Å²) in [6.07, 6.45) is -0.468. The molecule has 3 heterocycles. The number of fused-ring (bicyclic) bond motifs is 1. The molecule has 1 aliphatic rings. The topological polar surface area (TPSA) is 55.6 Å². The van der Waals surface area contributed by atoms with Crippen LogP contribution in [0.2, 0.25) is 0 Å². The molecule has 0 saturated heterocycles. The third kappa shape index (κ3) is 3.34. The Morgan fingerprint density at radius 1 is 1.33 bits per heavy atom. The predicted molar refractivity (Wildman–Crippen MR) is 78.9 cm³/mol. The van der Waals surface area contributed by atoms with Crippen molar-refractivity contribution in [1.82, 2.24) is 19.5 Å².